The minimum atomic E-state index is -0.629. The zero-order chi connectivity index (χ0) is 23.5. The predicted molar refractivity (Wildman–Crippen MR) is 124 cm³/mol. The van der Waals surface area contributed by atoms with E-state index >= 15 is 0 Å². The molecule has 0 saturated heterocycles. The van der Waals surface area contributed by atoms with Gasteiger partial charge in [0, 0.05) is 41.5 Å². The Morgan fingerprint density at radius 3 is 2.76 bits per heavy atom. The molecule has 0 saturated carbocycles. The van der Waals surface area contributed by atoms with E-state index in [0.29, 0.717) is 34.6 Å². The topological polar surface area (TPSA) is 91.3 Å². The van der Waals surface area contributed by atoms with Crippen LogP contribution in [0.1, 0.15) is 34.5 Å². The highest BCUT2D eigenvalue weighted by Crippen LogP contribution is 2.33. The van der Waals surface area contributed by atoms with Gasteiger partial charge in [0.05, 0.1) is 31.0 Å². The molecule has 0 aliphatic heterocycles. The average molecular weight is 448 g/mol. The fraction of sp³-hybridized carbons (Fsp3) is 0.240. The molecule has 2 heterocycles. The largest absolute Gasteiger partial charge is 0.493 e. The Morgan fingerprint density at radius 1 is 1.21 bits per heavy atom. The summed E-state index contributed by atoms with van der Waals surface area (Å²) >= 11 is 0. The molecule has 0 aliphatic rings. The van der Waals surface area contributed by atoms with Gasteiger partial charge in [0.1, 0.15) is 11.6 Å². The number of aliphatic hydroxyl groups excluding tert-OH is 1. The van der Waals surface area contributed by atoms with Gasteiger partial charge < -0.3 is 14.7 Å². The van der Waals surface area contributed by atoms with Crippen LogP contribution >= 0.6 is 0 Å². The van der Waals surface area contributed by atoms with E-state index in [2.05, 4.69) is 15.2 Å². The van der Waals surface area contributed by atoms with Crippen molar-refractivity contribution in [3.05, 3.63) is 77.5 Å². The van der Waals surface area contributed by atoms with Crippen molar-refractivity contribution in [3.8, 4) is 16.9 Å². The van der Waals surface area contributed by atoms with Gasteiger partial charge in [-0.1, -0.05) is 6.07 Å². The molecular weight excluding hydrogens is 423 g/mol. The number of carbonyl (C=O) groups is 1. The summed E-state index contributed by atoms with van der Waals surface area (Å²) in [6, 6.07) is 9.23. The first-order valence-electron chi connectivity index (χ1n) is 10.6. The minimum absolute atomic E-state index is 0.291. The summed E-state index contributed by atoms with van der Waals surface area (Å²) in [4.78, 5) is 19.0. The summed E-state index contributed by atoms with van der Waals surface area (Å²) in [6.45, 7) is 3.77. The van der Waals surface area contributed by atoms with Crippen LogP contribution in [0.15, 0.2) is 55.0 Å². The maximum absolute atomic E-state index is 14.0. The lowest BCUT2D eigenvalue weighted by Gasteiger charge is -2.27. The van der Waals surface area contributed by atoms with E-state index in [0.717, 1.165) is 16.5 Å². The fourth-order valence-corrected chi connectivity index (χ4v) is 3.97. The van der Waals surface area contributed by atoms with Crippen molar-refractivity contribution < 1.29 is 19.0 Å². The van der Waals surface area contributed by atoms with E-state index in [1.807, 2.05) is 19.9 Å². The number of hydrogen-bond acceptors (Lipinski definition) is 5. The summed E-state index contributed by atoms with van der Waals surface area (Å²) in [5.74, 6) is -0.146. The number of pyridine rings is 1. The molecule has 0 aliphatic carbocycles. The van der Waals surface area contributed by atoms with Crippen LogP contribution in [-0.2, 0) is 0 Å². The summed E-state index contributed by atoms with van der Waals surface area (Å²) in [5.41, 5.74) is 3.94. The third kappa shape index (κ3) is 4.42. The molecule has 170 valence electrons. The number of fused-ring (bicyclic) bond motifs is 1. The molecule has 2 N–H and O–H groups in total. The van der Waals surface area contributed by atoms with Crippen molar-refractivity contribution in [1.82, 2.24) is 20.1 Å². The van der Waals surface area contributed by atoms with Crippen LogP contribution in [0.25, 0.3) is 22.0 Å². The molecule has 2 aromatic carbocycles. The van der Waals surface area contributed by atoms with Crippen LogP contribution in [0.2, 0.25) is 0 Å². The van der Waals surface area contributed by atoms with Gasteiger partial charge in [0.15, 0.2) is 0 Å². The summed E-state index contributed by atoms with van der Waals surface area (Å²) < 4.78 is 19.8. The molecule has 1 atom stereocenters. The van der Waals surface area contributed by atoms with Gasteiger partial charge in [-0.05, 0) is 55.3 Å². The van der Waals surface area contributed by atoms with Crippen LogP contribution in [-0.4, -0.2) is 51.4 Å². The zero-order valence-corrected chi connectivity index (χ0v) is 18.7. The molecule has 0 unspecified atom stereocenters. The highest BCUT2D eigenvalue weighted by molar-refractivity contribution is 5.96. The number of aromatic amines is 1. The predicted octanol–water partition coefficient (Wildman–Crippen LogP) is 4.28. The van der Waals surface area contributed by atoms with Gasteiger partial charge in [0.2, 0.25) is 0 Å². The van der Waals surface area contributed by atoms with Crippen LogP contribution in [0, 0.1) is 12.7 Å². The third-order valence-corrected chi connectivity index (χ3v) is 5.59. The lowest BCUT2D eigenvalue weighted by molar-refractivity contribution is 0.0659. The minimum Gasteiger partial charge on any atom is -0.493 e. The van der Waals surface area contributed by atoms with Gasteiger partial charge in [-0.15, -0.1) is 0 Å². The normalized spacial score (nSPS) is 12.0. The number of nitrogens with zero attached hydrogens (tertiary/aromatic N) is 3. The zero-order valence-electron chi connectivity index (χ0n) is 18.7. The van der Waals surface area contributed by atoms with Crippen molar-refractivity contribution in [2.45, 2.75) is 19.9 Å². The molecule has 1 amide bonds. The number of carbonyl (C=O) groups excluding carboxylic acids is 1. The Kier molecular flexibility index (Phi) is 6.37. The smallest absolute Gasteiger partial charge is 0.254 e. The van der Waals surface area contributed by atoms with E-state index in [4.69, 9.17) is 4.74 Å². The molecule has 33 heavy (non-hydrogen) atoms. The Balaban J connectivity index is 1.69. The molecule has 0 fully saturated rings. The summed E-state index contributed by atoms with van der Waals surface area (Å²) in [5, 5.41) is 17.8. The number of nitrogens with one attached hydrogen (secondary N) is 1. The summed E-state index contributed by atoms with van der Waals surface area (Å²) in [7, 11) is 1.63. The van der Waals surface area contributed by atoms with Crippen molar-refractivity contribution >= 4 is 16.8 Å². The highest BCUT2D eigenvalue weighted by Gasteiger charge is 2.25. The first-order chi connectivity index (χ1) is 15.9. The Morgan fingerprint density at radius 2 is 2.03 bits per heavy atom. The number of aromatic nitrogens is 3. The van der Waals surface area contributed by atoms with Gasteiger partial charge in [0.25, 0.3) is 5.91 Å². The van der Waals surface area contributed by atoms with Gasteiger partial charge in [-0.25, -0.2) is 4.39 Å². The number of rotatable bonds is 7. The first kappa shape index (κ1) is 22.4. The lowest BCUT2D eigenvalue weighted by Crippen LogP contribution is -2.33. The third-order valence-electron chi connectivity index (χ3n) is 5.59. The monoisotopic (exact) mass is 448 g/mol. The standard InChI is InChI=1S/C25H25FN4O3/c1-4-33-23-10-16(5-6-20(23)17-7-15(2)8-19(26)9-17)25(32)30(3)22(14-31)21-13-27-11-18-12-28-29-24(18)21/h5-13,22,31H,4,14H2,1-3H3,(H,28,29)/t22-/m1/s1. The number of benzene rings is 2. The maximum atomic E-state index is 14.0. The van der Waals surface area contributed by atoms with E-state index in [1.54, 1.807) is 43.8 Å². The van der Waals surface area contributed by atoms with Crippen molar-refractivity contribution in [2.75, 3.05) is 20.3 Å². The average Bonchev–Trinajstić information content (AvgIpc) is 3.28. The number of hydrogen-bond donors (Lipinski definition) is 2. The number of ether oxygens (including phenoxy) is 1. The van der Waals surface area contributed by atoms with Crippen molar-refractivity contribution in [1.29, 1.82) is 0 Å². The van der Waals surface area contributed by atoms with Crippen LogP contribution in [0.3, 0.4) is 0 Å². The molecule has 2 aromatic heterocycles. The second-order valence-electron chi connectivity index (χ2n) is 7.84. The number of halogens is 1. The molecule has 4 aromatic rings. The molecular formula is C25H25FN4O3. The van der Waals surface area contributed by atoms with E-state index < -0.39 is 6.04 Å². The Bertz CT molecular complexity index is 1280. The first-order valence-corrected chi connectivity index (χ1v) is 10.6. The molecule has 7 nitrogen and oxygen atoms in total. The molecule has 0 spiro atoms. The van der Waals surface area contributed by atoms with Crippen molar-refractivity contribution in [3.63, 3.8) is 0 Å². The Hall–Kier alpha value is -3.78. The SMILES string of the molecule is CCOc1cc(C(=O)N(C)[C@H](CO)c2cncc3cn[nH]c23)ccc1-c1cc(C)cc(F)c1. The molecule has 4 rings (SSSR count). The number of aliphatic hydroxyl groups is 1. The van der Waals surface area contributed by atoms with Crippen LogP contribution < -0.4 is 4.74 Å². The lowest BCUT2D eigenvalue weighted by atomic mass is 9.99. The molecule has 8 heteroatoms. The number of H-pyrrole nitrogens is 1. The Labute approximate surface area is 190 Å². The van der Waals surface area contributed by atoms with Gasteiger partial charge in [-0.2, -0.15) is 5.10 Å². The second kappa shape index (κ2) is 9.38. The fourth-order valence-electron chi connectivity index (χ4n) is 3.97. The van der Waals surface area contributed by atoms with Gasteiger partial charge in [-0.3, -0.25) is 14.9 Å². The molecule has 0 bridgehead atoms. The van der Waals surface area contributed by atoms with Gasteiger partial charge >= 0.3 is 0 Å². The second-order valence-corrected chi connectivity index (χ2v) is 7.84. The number of likely N-dealkylation sites (N-methyl/N-ethyl adjacent to an activating group) is 1. The number of amides is 1. The summed E-state index contributed by atoms with van der Waals surface area (Å²) in [6.07, 6.45) is 4.93. The van der Waals surface area contributed by atoms with Crippen molar-refractivity contribution in [2.24, 2.45) is 0 Å². The van der Waals surface area contributed by atoms with E-state index in [9.17, 15) is 14.3 Å². The van der Waals surface area contributed by atoms with E-state index in [-0.39, 0.29) is 18.3 Å². The van der Waals surface area contributed by atoms with E-state index in [1.165, 1.54) is 17.0 Å². The quantitative estimate of drug-likeness (QED) is 0.440. The van der Waals surface area contributed by atoms with Crippen LogP contribution in [0.4, 0.5) is 4.39 Å². The molecule has 0 radical (unpaired) electrons. The maximum Gasteiger partial charge on any atom is 0.254 e. The highest BCUT2D eigenvalue weighted by atomic mass is 19.1. The van der Waals surface area contributed by atoms with Crippen LogP contribution in [0.5, 0.6) is 5.75 Å². The number of aryl methyl sites for hydroxylation is 1.